The summed E-state index contributed by atoms with van der Waals surface area (Å²) in [6.07, 6.45) is 2.33. The van der Waals surface area contributed by atoms with E-state index in [0.29, 0.717) is 17.8 Å². The lowest BCUT2D eigenvalue weighted by atomic mass is 9.99. The summed E-state index contributed by atoms with van der Waals surface area (Å²) in [4.78, 5) is 34.2. The van der Waals surface area contributed by atoms with Crippen molar-refractivity contribution in [1.29, 1.82) is 0 Å². The van der Waals surface area contributed by atoms with Gasteiger partial charge in [0.05, 0.1) is 18.5 Å². The number of rotatable bonds is 5. The summed E-state index contributed by atoms with van der Waals surface area (Å²) in [6, 6.07) is 4.00. The molecule has 0 aliphatic carbocycles. The van der Waals surface area contributed by atoms with Gasteiger partial charge in [-0.25, -0.2) is 4.98 Å². The molecule has 1 saturated heterocycles. The Morgan fingerprint density at radius 3 is 2.74 bits per heavy atom. The first-order valence-corrected chi connectivity index (χ1v) is 11.1. The smallest absolute Gasteiger partial charge is 0.263 e. The average Bonchev–Trinajstić information content (AvgIpc) is 3.29. The van der Waals surface area contributed by atoms with E-state index in [1.807, 2.05) is 22.9 Å². The maximum absolute atomic E-state index is 13.3. The number of thiophene rings is 2. The molecule has 0 saturated carbocycles. The molecule has 3 aromatic heterocycles. The Morgan fingerprint density at radius 2 is 2.07 bits per heavy atom. The SMILES string of the molecule is CC(=O)Cn1c(CN2CCC(C)CC2)nc2scc(-c3cccs3)c2c1=O. The van der Waals surface area contributed by atoms with Gasteiger partial charge in [-0.3, -0.25) is 19.1 Å². The van der Waals surface area contributed by atoms with E-state index in [1.165, 1.54) is 31.1 Å². The first kappa shape index (κ1) is 18.5. The van der Waals surface area contributed by atoms with Gasteiger partial charge in [0, 0.05) is 15.8 Å². The molecule has 0 unspecified atom stereocenters. The molecular formula is C20H23N3O2S2. The van der Waals surface area contributed by atoms with E-state index in [9.17, 15) is 9.59 Å². The predicted molar refractivity (Wildman–Crippen MR) is 112 cm³/mol. The molecule has 0 N–H and O–H groups in total. The zero-order valence-electron chi connectivity index (χ0n) is 15.6. The summed E-state index contributed by atoms with van der Waals surface area (Å²) in [7, 11) is 0. The number of carbonyl (C=O) groups excluding carboxylic acids is 1. The first-order chi connectivity index (χ1) is 13.0. The monoisotopic (exact) mass is 401 g/mol. The topological polar surface area (TPSA) is 55.2 Å². The second-order valence-corrected chi connectivity index (χ2v) is 9.19. The van der Waals surface area contributed by atoms with Crippen LogP contribution in [0.2, 0.25) is 0 Å². The lowest BCUT2D eigenvalue weighted by molar-refractivity contribution is -0.117. The number of carbonyl (C=O) groups is 1. The highest BCUT2D eigenvalue weighted by atomic mass is 32.1. The van der Waals surface area contributed by atoms with Crippen molar-refractivity contribution in [3.63, 3.8) is 0 Å². The zero-order chi connectivity index (χ0) is 19.0. The Hall–Kier alpha value is -1.83. The van der Waals surface area contributed by atoms with Crippen molar-refractivity contribution in [3.05, 3.63) is 39.1 Å². The molecule has 1 aliphatic heterocycles. The van der Waals surface area contributed by atoms with E-state index in [1.54, 1.807) is 15.9 Å². The average molecular weight is 402 g/mol. The molecule has 1 fully saturated rings. The quantitative estimate of drug-likeness (QED) is 0.648. The maximum atomic E-state index is 13.3. The van der Waals surface area contributed by atoms with Crippen LogP contribution in [0.4, 0.5) is 0 Å². The van der Waals surface area contributed by atoms with E-state index in [2.05, 4.69) is 11.8 Å². The van der Waals surface area contributed by atoms with Crippen LogP contribution in [0, 0.1) is 5.92 Å². The number of Topliss-reactive ketones (excluding diaryl/α,β-unsaturated/α-hetero) is 1. The van der Waals surface area contributed by atoms with Gasteiger partial charge in [0.2, 0.25) is 0 Å². The lowest BCUT2D eigenvalue weighted by Crippen LogP contribution is -2.36. The summed E-state index contributed by atoms with van der Waals surface area (Å²) in [5.41, 5.74) is 0.832. The molecular weight excluding hydrogens is 378 g/mol. The van der Waals surface area contributed by atoms with Crippen molar-refractivity contribution in [1.82, 2.24) is 14.5 Å². The van der Waals surface area contributed by atoms with Crippen LogP contribution in [0.15, 0.2) is 27.7 Å². The van der Waals surface area contributed by atoms with Gasteiger partial charge in [-0.1, -0.05) is 13.0 Å². The van der Waals surface area contributed by atoms with Gasteiger partial charge in [-0.2, -0.15) is 0 Å². The van der Waals surface area contributed by atoms with Crippen LogP contribution in [-0.4, -0.2) is 33.3 Å². The number of fused-ring (bicyclic) bond motifs is 1. The number of piperidine rings is 1. The number of ketones is 1. The summed E-state index contributed by atoms with van der Waals surface area (Å²) < 4.78 is 1.59. The van der Waals surface area contributed by atoms with Gasteiger partial charge in [-0.05, 0) is 50.2 Å². The van der Waals surface area contributed by atoms with Gasteiger partial charge in [0.1, 0.15) is 16.4 Å². The Labute approximate surface area is 166 Å². The third-order valence-electron chi connectivity index (χ3n) is 5.18. The third-order valence-corrected chi connectivity index (χ3v) is 6.96. The van der Waals surface area contributed by atoms with Crippen molar-refractivity contribution in [2.24, 2.45) is 5.92 Å². The van der Waals surface area contributed by atoms with Gasteiger partial charge < -0.3 is 0 Å². The van der Waals surface area contributed by atoms with E-state index >= 15 is 0 Å². The number of hydrogen-bond acceptors (Lipinski definition) is 6. The highest BCUT2D eigenvalue weighted by molar-refractivity contribution is 7.18. The van der Waals surface area contributed by atoms with Crippen molar-refractivity contribution < 1.29 is 4.79 Å². The van der Waals surface area contributed by atoms with Crippen molar-refractivity contribution in [2.45, 2.75) is 39.8 Å². The number of likely N-dealkylation sites (tertiary alicyclic amines) is 1. The highest BCUT2D eigenvalue weighted by Gasteiger charge is 2.22. The van der Waals surface area contributed by atoms with Gasteiger partial charge in [-0.15, -0.1) is 22.7 Å². The number of nitrogens with zero attached hydrogens (tertiary/aromatic N) is 3. The van der Waals surface area contributed by atoms with E-state index < -0.39 is 0 Å². The Balaban J connectivity index is 1.79. The van der Waals surface area contributed by atoms with Crippen LogP contribution < -0.4 is 5.56 Å². The van der Waals surface area contributed by atoms with Crippen LogP contribution in [-0.2, 0) is 17.9 Å². The molecule has 142 valence electrons. The standard InChI is InChI=1S/C20H23N3O2S2/c1-13-5-7-22(8-6-13)11-17-21-19-18(20(25)23(17)10-14(2)24)15(12-27-19)16-4-3-9-26-16/h3-4,9,12-13H,5-8,10-11H2,1-2H3. The lowest BCUT2D eigenvalue weighted by Gasteiger charge is -2.30. The minimum Gasteiger partial charge on any atom is -0.298 e. The van der Waals surface area contributed by atoms with Crippen LogP contribution in [0.25, 0.3) is 20.7 Å². The summed E-state index contributed by atoms with van der Waals surface area (Å²) >= 11 is 3.12. The molecule has 0 atom stereocenters. The maximum Gasteiger partial charge on any atom is 0.263 e. The number of aromatic nitrogens is 2. The summed E-state index contributed by atoms with van der Waals surface area (Å²) in [5.74, 6) is 1.43. The molecule has 0 aromatic carbocycles. The second kappa shape index (κ2) is 7.66. The molecule has 5 nitrogen and oxygen atoms in total. The molecule has 0 bridgehead atoms. The molecule has 0 radical (unpaired) electrons. The largest absolute Gasteiger partial charge is 0.298 e. The molecule has 0 spiro atoms. The molecule has 0 amide bonds. The minimum atomic E-state index is -0.0970. The van der Waals surface area contributed by atoms with Crippen LogP contribution in [0.1, 0.15) is 32.5 Å². The zero-order valence-corrected chi connectivity index (χ0v) is 17.2. The molecule has 7 heteroatoms. The fourth-order valence-corrected chi connectivity index (χ4v) is 5.38. The molecule has 4 rings (SSSR count). The van der Waals surface area contributed by atoms with Crippen molar-refractivity contribution in [3.8, 4) is 10.4 Å². The van der Waals surface area contributed by atoms with Gasteiger partial charge >= 0.3 is 0 Å². The van der Waals surface area contributed by atoms with Gasteiger partial charge in [0.15, 0.2) is 0 Å². The number of hydrogen-bond donors (Lipinski definition) is 0. The summed E-state index contributed by atoms with van der Waals surface area (Å²) in [6.45, 7) is 6.54. The highest BCUT2D eigenvalue weighted by Crippen LogP contribution is 2.34. The second-order valence-electron chi connectivity index (χ2n) is 7.39. The fourth-order valence-electron chi connectivity index (χ4n) is 3.61. The Bertz CT molecular complexity index is 1010. The molecule has 3 aromatic rings. The van der Waals surface area contributed by atoms with E-state index in [0.717, 1.165) is 34.3 Å². The van der Waals surface area contributed by atoms with Gasteiger partial charge in [0.25, 0.3) is 5.56 Å². The predicted octanol–water partition coefficient (Wildman–Crippen LogP) is 4.01. The summed E-state index contributed by atoms with van der Waals surface area (Å²) in [5, 5.41) is 4.65. The molecule has 27 heavy (non-hydrogen) atoms. The molecule has 1 aliphatic rings. The van der Waals surface area contributed by atoms with Crippen molar-refractivity contribution >= 4 is 38.7 Å². The normalized spacial score (nSPS) is 16.2. The van der Waals surface area contributed by atoms with Crippen LogP contribution >= 0.6 is 22.7 Å². The molecule has 4 heterocycles. The van der Waals surface area contributed by atoms with E-state index in [-0.39, 0.29) is 17.9 Å². The minimum absolute atomic E-state index is 0.0281. The fraction of sp³-hybridized carbons (Fsp3) is 0.450. The Kier molecular flexibility index (Phi) is 5.25. The first-order valence-electron chi connectivity index (χ1n) is 9.29. The van der Waals surface area contributed by atoms with Crippen molar-refractivity contribution in [2.75, 3.05) is 13.1 Å². The van der Waals surface area contributed by atoms with E-state index in [4.69, 9.17) is 4.98 Å². The van der Waals surface area contributed by atoms with Crippen LogP contribution in [0.3, 0.4) is 0 Å². The Morgan fingerprint density at radius 1 is 1.30 bits per heavy atom. The third kappa shape index (κ3) is 3.77. The van der Waals surface area contributed by atoms with Crippen LogP contribution in [0.5, 0.6) is 0 Å².